The number of phenols is 1. The molecule has 104 valence electrons. The molecule has 2 aromatic rings. The number of nitrogens with zero attached hydrogens (tertiary/aromatic N) is 2. The summed E-state index contributed by atoms with van der Waals surface area (Å²) < 4.78 is 0. The van der Waals surface area contributed by atoms with Gasteiger partial charge in [0.05, 0.1) is 0 Å². The highest BCUT2D eigenvalue weighted by Crippen LogP contribution is 2.28. The van der Waals surface area contributed by atoms with Gasteiger partial charge >= 0.3 is 0 Å². The zero-order chi connectivity index (χ0) is 14.1. The molecule has 4 heteroatoms. The average molecular weight is 269 g/mol. The molecule has 1 saturated heterocycles. The van der Waals surface area contributed by atoms with Crippen LogP contribution in [0, 0.1) is 13.8 Å². The fraction of sp³-hybridized carbons (Fsp3) is 0.375. The Hall–Kier alpha value is -1.94. The molecule has 1 aromatic carbocycles. The van der Waals surface area contributed by atoms with Crippen LogP contribution in [0.3, 0.4) is 0 Å². The first-order chi connectivity index (χ1) is 9.65. The molecule has 3 rings (SSSR count). The van der Waals surface area contributed by atoms with E-state index in [4.69, 9.17) is 0 Å². The molecule has 0 spiro atoms. The summed E-state index contributed by atoms with van der Waals surface area (Å²) in [6.45, 7) is 6.21. The third-order valence-electron chi connectivity index (χ3n) is 3.92. The van der Waals surface area contributed by atoms with E-state index in [9.17, 15) is 5.11 Å². The van der Waals surface area contributed by atoms with Gasteiger partial charge in [-0.05, 0) is 56.6 Å². The lowest BCUT2D eigenvalue weighted by molar-refractivity contribution is 0.475. The highest BCUT2D eigenvalue weighted by molar-refractivity contribution is 5.57. The SMILES string of the molecule is Cc1nc(-c2ccc(O)cc2)nc(C)c1C1CCNC1. The van der Waals surface area contributed by atoms with Crippen LogP contribution in [-0.2, 0) is 0 Å². The number of phenolic OH excluding ortho intramolecular Hbond substituents is 1. The van der Waals surface area contributed by atoms with E-state index in [2.05, 4.69) is 29.1 Å². The van der Waals surface area contributed by atoms with E-state index in [0.29, 0.717) is 5.92 Å². The lowest BCUT2D eigenvalue weighted by Crippen LogP contribution is -2.12. The van der Waals surface area contributed by atoms with Crippen LogP contribution in [0.2, 0.25) is 0 Å². The van der Waals surface area contributed by atoms with Gasteiger partial charge < -0.3 is 10.4 Å². The lowest BCUT2D eigenvalue weighted by Gasteiger charge is -2.15. The van der Waals surface area contributed by atoms with Crippen LogP contribution >= 0.6 is 0 Å². The van der Waals surface area contributed by atoms with Gasteiger partial charge in [-0.3, -0.25) is 0 Å². The van der Waals surface area contributed by atoms with Gasteiger partial charge in [-0.15, -0.1) is 0 Å². The summed E-state index contributed by atoms with van der Waals surface area (Å²) in [5.74, 6) is 1.52. The van der Waals surface area contributed by atoms with Gasteiger partial charge in [0.15, 0.2) is 5.82 Å². The third kappa shape index (κ3) is 2.39. The molecule has 20 heavy (non-hydrogen) atoms. The van der Waals surface area contributed by atoms with Crippen molar-refractivity contribution in [2.75, 3.05) is 13.1 Å². The minimum atomic E-state index is 0.260. The predicted molar refractivity (Wildman–Crippen MR) is 78.8 cm³/mol. The maximum absolute atomic E-state index is 9.35. The Morgan fingerprint density at radius 3 is 2.30 bits per heavy atom. The minimum Gasteiger partial charge on any atom is -0.508 e. The molecule has 2 N–H and O–H groups in total. The van der Waals surface area contributed by atoms with Crippen molar-refractivity contribution in [3.8, 4) is 17.1 Å². The van der Waals surface area contributed by atoms with Crippen molar-refractivity contribution in [3.05, 3.63) is 41.2 Å². The molecule has 1 aromatic heterocycles. The molecule has 1 aliphatic heterocycles. The van der Waals surface area contributed by atoms with E-state index in [0.717, 1.165) is 42.3 Å². The number of nitrogens with one attached hydrogen (secondary N) is 1. The van der Waals surface area contributed by atoms with Crippen molar-refractivity contribution >= 4 is 0 Å². The van der Waals surface area contributed by atoms with Gasteiger partial charge in [0.25, 0.3) is 0 Å². The first-order valence-electron chi connectivity index (χ1n) is 7.00. The second-order valence-corrected chi connectivity index (χ2v) is 5.37. The summed E-state index contributed by atoms with van der Waals surface area (Å²) in [6.07, 6.45) is 1.16. The van der Waals surface area contributed by atoms with Crippen molar-refractivity contribution < 1.29 is 5.11 Å². The zero-order valence-electron chi connectivity index (χ0n) is 11.8. The summed E-state index contributed by atoms with van der Waals surface area (Å²) in [7, 11) is 0. The van der Waals surface area contributed by atoms with Crippen LogP contribution in [0.25, 0.3) is 11.4 Å². The standard InChI is InChI=1S/C16H19N3O/c1-10-15(13-7-8-17-9-13)11(2)19-16(18-10)12-3-5-14(20)6-4-12/h3-6,13,17,20H,7-9H2,1-2H3. The molecule has 4 nitrogen and oxygen atoms in total. The highest BCUT2D eigenvalue weighted by atomic mass is 16.3. The molecule has 1 aliphatic rings. The van der Waals surface area contributed by atoms with Gasteiger partial charge in [0, 0.05) is 29.4 Å². The topological polar surface area (TPSA) is 58.0 Å². The number of hydrogen-bond acceptors (Lipinski definition) is 4. The summed E-state index contributed by atoms with van der Waals surface area (Å²) in [5.41, 5.74) is 4.35. The van der Waals surface area contributed by atoms with Crippen molar-refractivity contribution in [2.45, 2.75) is 26.2 Å². The number of benzene rings is 1. The molecule has 0 bridgehead atoms. The number of rotatable bonds is 2. The molecule has 0 saturated carbocycles. The summed E-state index contributed by atoms with van der Waals surface area (Å²) >= 11 is 0. The molecule has 0 radical (unpaired) electrons. The average Bonchev–Trinajstić information content (AvgIpc) is 2.92. The molecular weight excluding hydrogens is 250 g/mol. The van der Waals surface area contributed by atoms with Crippen molar-refractivity contribution in [1.29, 1.82) is 0 Å². The molecule has 0 amide bonds. The van der Waals surface area contributed by atoms with E-state index < -0.39 is 0 Å². The first-order valence-corrected chi connectivity index (χ1v) is 7.00. The van der Waals surface area contributed by atoms with Crippen LogP contribution in [0.5, 0.6) is 5.75 Å². The van der Waals surface area contributed by atoms with E-state index in [1.165, 1.54) is 5.56 Å². The Bertz CT molecular complexity index is 593. The van der Waals surface area contributed by atoms with Crippen LogP contribution in [0.4, 0.5) is 0 Å². The first kappa shape index (κ1) is 13.1. The molecule has 2 heterocycles. The third-order valence-corrected chi connectivity index (χ3v) is 3.92. The van der Waals surface area contributed by atoms with E-state index in [-0.39, 0.29) is 5.75 Å². The molecule has 1 fully saturated rings. The van der Waals surface area contributed by atoms with E-state index in [1.807, 2.05) is 12.1 Å². The van der Waals surface area contributed by atoms with Gasteiger partial charge in [-0.1, -0.05) is 0 Å². The van der Waals surface area contributed by atoms with Crippen molar-refractivity contribution in [3.63, 3.8) is 0 Å². The summed E-state index contributed by atoms with van der Waals surface area (Å²) in [4.78, 5) is 9.32. The Balaban J connectivity index is 2.00. The van der Waals surface area contributed by atoms with Crippen molar-refractivity contribution in [2.24, 2.45) is 0 Å². The second-order valence-electron chi connectivity index (χ2n) is 5.37. The fourth-order valence-corrected chi connectivity index (χ4v) is 2.96. The smallest absolute Gasteiger partial charge is 0.159 e. The number of hydrogen-bond donors (Lipinski definition) is 2. The van der Waals surface area contributed by atoms with Crippen LogP contribution < -0.4 is 5.32 Å². The lowest BCUT2D eigenvalue weighted by atomic mass is 9.95. The number of aromatic hydroxyl groups is 1. The maximum atomic E-state index is 9.35. The number of aryl methyl sites for hydroxylation is 2. The summed E-state index contributed by atoms with van der Waals surface area (Å²) in [5, 5.41) is 12.7. The van der Waals surface area contributed by atoms with Gasteiger partial charge in [-0.25, -0.2) is 9.97 Å². The van der Waals surface area contributed by atoms with E-state index in [1.54, 1.807) is 12.1 Å². The minimum absolute atomic E-state index is 0.260. The molecule has 0 aliphatic carbocycles. The normalized spacial score (nSPS) is 18.4. The molecular formula is C16H19N3O. The number of aromatic nitrogens is 2. The Morgan fingerprint density at radius 1 is 1.10 bits per heavy atom. The Kier molecular flexibility index (Phi) is 3.40. The molecule has 1 unspecified atom stereocenters. The molecule has 1 atom stereocenters. The van der Waals surface area contributed by atoms with Crippen molar-refractivity contribution in [1.82, 2.24) is 15.3 Å². The van der Waals surface area contributed by atoms with Crippen LogP contribution in [0.15, 0.2) is 24.3 Å². The van der Waals surface area contributed by atoms with Crippen LogP contribution in [-0.4, -0.2) is 28.2 Å². The highest BCUT2D eigenvalue weighted by Gasteiger charge is 2.22. The monoisotopic (exact) mass is 269 g/mol. The zero-order valence-corrected chi connectivity index (χ0v) is 11.8. The fourth-order valence-electron chi connectivity index (χ4n) is 2.96. The largest absolute Gasteiger partial charge is 0.508 e. The van der Waals surface area contributed by atoms with Gasteiger partial charge in [0.2, 0.25) is 0 Å². The van der Waals surface area contributed by atoms with E-state index >= 15 is 0 Å². The van der Waals surface area contributed by atoms with Gasteiger partial charge in [0.1, 0.15) is 5.75 Å². The Morgan fingerprint density at radius 2 is 1.75 bits per heavy atom. The Labute approximate surface area is 118 Å². The predicted octanol–water partition coefficient (Wildman–Crippen LogP) is 2.54. The second kappa shape index (κ2) is 5.21. The summed E-state index contributed by atoms with van der Waals surface area (Å²) in [6, 6.07) is 7.02. The maximum Gasteiger partial charge on any atom is 0.159 e. The van der Waals surface area contributed by atoms with Crippen LogP contribution in [0.1, 0.15) is 29.3 Å². The van der Waals surface area contributed by atoms with Gasteiger partial charge in [-0.2, -0.15) is 0 Å². The quantitative estimate of drug-likeness (QED) is 0.879.